The van der Waals surface area contributed by atoms with Crippen molar-refractivity contribution in [1.29, 1.82) is 0 Å². The van der Waals surface area contributed by atoms with Gasteiger partial charge in [-0.2, -0.15) is 4.31 Å². The van der Waals surface area contributed by atoms with E-state index >= 15 is 0 Å². The van der Waals surface area contributed by atoms with Crippen LogP contribution in [-0.2, 0) is 10.0 Å². The molecule has 4 rings (SSSR count). The molecule has 0 N–H and O–H groups in total. The van der Waals surface area contributed by atoms with Crippen LogP contribution in [0.5, 0.6) is 5.75 Å². The smallest absolute Gasteiger partial charge is 0.260 e. The first-order valence-corrected chi connectivity index (χ1v) is 14.5. The number of carbonyl (C=O) groups excluding carboxylic acids is 1. The Kier molecular flexibility index (Phi) is 9.93. The van der Waals surface area contributed by atoms with Crippen LogP contribution in [0, 0.1) is 5.92 Å². The average Bonchev–Trinajstić information content (AvgIpc) is 3.29. The van der Waals surface area contributed by atoms with Gasteiger partial charge in [0.1, 0.15) is 5.75 Å². The molecule has 1 aromatic heterocycles. The lowest BCUT2D eigenvalue weighted by Gasteiger charge is -2.29. The third kappa shape index (κ3) is 6.80. The van der Waals surface area contributed by atoms with Crippen LogP contribution in [-0.4, -0.2) is 75.9 Å². The van der Waals surface area contributed by atoms with Crippen LogP contribution in [0.4, 0.5) is 5.13 Å². The molecule has 0 spiro atoms. The Hall–Kier alpha value is -2.24. The average molecular weight is 567 g/mol. The molecule has 37 heavy (non-hydrogen) atoms. The van der Waals surface area contributed by atoms with E-state index in [0.717, 1.165) is 36.0 Å². The number of ether oxygens (including phenoxy) is 1. The van der Waals surface area contributed by atoms with E-state index in [2.05, 4.69) is 11.8 Å². The maximum Gasteiger partial charge on any atom is 0.260 e. The number of thiazole rings is 1. The van der Waals surface area contributed by atoms with Crippen molar-refractivity contribution in [1.82, 2.24) is 14.2 Å². The topological polar surface area (TPSA) is 83.0 Å². The molecular formula is C26H35ClN4O4S2. The number of nitrogens with zero attached hydrogens (tertiary/aromatic N) is 4. The third-order valence-electron chi connectivity index (χ3n) is 6.53. The fourth-order valence-corrected chi connectivity index (χ4v) is 6.71. The van der Waals surface area contributed by atoms with Crippen molar-refractivity contribution in [3.8, 4) is 5.75 Å². The summed E-state index contributed by atoms with van der Waals surface area (Å²) >= 11 is 1.45. The lowest BCUT2D eigenvalue weighted by atomic mass is 10.0. The lowest BCUT2D eigenvalue weighted by Crippen LogP contribution is -2.38. The molecule has 1 fully saturated rings. The summed E-state index contributed by atoms with van der Waals surface area (Å²) in [7, 11) is 2.04. The van der Waals surface area contributed by atoms with Gasteiger partial charge in [0.05, 0.1) is 22.2 Å². The number of fused-ring (bicyclic) bond motifs is 1. The van der Waals surface area contributed by atoms with Crippen molar-refractivity contribution in [3.05, 3.63) is 48.0 Å². The molecule has 0 bridgehead atoms. The van der Waals surface area contributed by atoms with Gasteiger partial charge in [0.2, 0.25) is 10.0 Å². The summed E-state index contributed by atoms with van der Waals surface area (Å²) in [5.74, 6) is 1.05. The first-order valence-electron chi connectivity index (χ1n) is 12.2. The second-order valence-corrected chi connectivity index (χ2v) is 12.5. The van der Waals surface area contributed by atoms with Crippen molar-refractivity contribution < 1.29 is 17.9 Å². The van der Waals surface area contributed by atoms with E-state index in [1.807, 2.05) is 32.3 Å². The van der Waals surface area contributed by atoms with E-state index in [9.17, 15) is 13.2 Å². The fourth-order valence-electron chi connectivity index (χ4n) is 4.27. The number of sulfonamides is 1. The maximum absolute atomic E-state index is 13.6. The summed E-state index contributed by atoms with van der Waals surface area (Å²) in [5.41, 5.74) is 1.21. The normalized spacial score (nSPS) is 15.1. The van der Waals surface area contributed by atoms with Crippen LogP contribution in [0.3, 0.4) is 0 Å². The highest BCUT2D eigenvalue weighted by molar-refractivity contribution is 7.89. The molecule has 3 aromatic rings. The highest BCUT2D eigenvalue weighted by atomic mass is 35.5. The van der Waals surface area contributed by atoms with E-state index < -0.39 is 10.0 Å². The van der Waals surface area contributed by atoms with Crippen molar-refractivity contribution in [2.24, 2.45) is 5.92 Å². The number of benzene rings is 2. The predicted octanol–water partition coefficient (Wildman–Crippen LogP) is 4.75. The van der Waals surface area contributed by atoms with Gasteiger partial charge in [-0.3, -0.25) is 9.69 Å². The third-order valence-corrected chi connectivity index (χ3v) is 9.50. The Balaban J connectivity index is 0.00000380. The van der Waals surface area contributed by atoms with E-state index in [0.29, 0.717) is 42.0 Å². The summed E-state index contributed by atoms with van der Waals surface area (Å²) in [5, 5.41) is 0.612. The highest BCUT2D eigenvalue weighted by Crippen LogP contribution is 2.32. The number of carbonyl (C=O) groups is 1. The summed E-state index contributed by atoms with van der Waals surface area (Å²) in [6, 6.07) is 12.0. The number of amides is 1. The van der Waals surface area contributed by atoms with Gasteiger partial charge in [-0.25, -0.2) is 13.4 Å². The van der Waals surface area contributed by atoms with E-state index in [1.165, 1.54) is 11.3 Å². The molecular weight excluding hydrogens is 532 g/mol. The first kappa shape index (κ1) is 29.3. The first-order chi connectivity index (χ1) is 17.2. The Bertz CT molecular complexity index is 1300. The minimum atomic E-state index is -3.57. The lowest BCUT2D eigenvalue weighted by molar-refractivity contribution is 0.0986. The van der Waals surface area contributed by atoms with Gasteiger partial charge in [0.25, 0.3) is 5.91 Å². The summed E-state index contributed by atoms with van der Waals surface area (Å²) < 4.78 is 34.0. The molecule has 11 heteroatoms. The van der Waals surface area contributed by atoms with E-state index in [4.69, 9.17) is 9.72 Å². The van der Waals surface area contributed by atoms with Crippen LogP contribution in [0.1, 0.15) is 36.5 Å². The Morgan fingerprint density at radius 3 is 2.41 bits per heavy atom. The van der Waals surface area contributed by atoms with Crippen molar-refractivity contribution in [2.45, 2.75) is 31.1 Å². The number of hydrogen-bond acceptors (Lipinski definition) is 7. The molecule has 0 atom stereocenters. The summed E-state index contributed by atoms with van der Waals surface area (Å²) in [6.45, 7) is 4.54. The van der Waals surface area contributed by atoms with Crippen molar-refractivity contribution in [3.63, 3.8) is 0 Å². The van der Waals surface area contributed by atoms with Crippen LogP contribution in [0.2, 0.25) is 0 Å². The maximum atomic E-state index is 13.6. The van der Waals surface area contributed by atoms with Crippen LogP contribution < -0.4 is 9.64 Å². The molecule has 2 aromatic carbocycles. The monoisotopic (exact) mass is 566 g/mol. The molecule has 0 saturated carbocycles. The SMILES string of the molecule is COc1ccc2sc(N(CCCN(C)C)C(=O)c3ccc(S(=O)(=O)N4CCC(C)CC4)cc3)nc2c1.Cl. The summed E-state index contributed by atoms with van der Waals surface area (Å²) in [4.78, 5) is 22.3. The molecule has 8 nitrogen and oxygen atoms in total. The highest BCUT2D eigenvalue weighted by Gasteiger charge is 2.28. The van der Waals surface area contributed by atoms with Gasteiger partial charge in [0.15, 0.2) is 5.13 Å². The zero-order valence-corrected chi connectivity index (χ0v) is 24.2. The number of rotatable bonds is 9. The minimum absolute atomic E-state index is 0. The van der Waals surface area contributed by atoms with Crippen molar-refractivity contribution in [2.75, 3.05) is 52.3 Å². The number of methoxy groups -OCH3 is 1. The van der Waals surface area contributed by atoms with Crippen LogP contribution >= 0.6 is 23.7 Å². The number of anilines is 1. The molecule has 1 aliphatic rings. The summed E-state index contributed by atoms with van der Waals surface area (Å²) in [6.07, 6.45) is 2.51. The molecule has 202 valence electrons. The Morgan fingerprint density at radius 1 is 1.11 bits per heavy atom. The second kappa shape index (κ2) is 12.5. The van der Waals surface area contributed by atoms with E-state index in [1.54, 1.807) is 40.6 Å². The van der Waals surface area contributed by atoms with Gasteiger partial charge in [-0.1, -0.05) is 18.3 Å². The molecule has 0 aliphatic carbocycles. The number of halogens is 1. The van der Waals surface area contributed by atoms with Crippen LogP contribution in [0.25, 0.3) is 10.2 Å². The Labute approximate surface area is 229 Å². The van der Waals surface area contributed by atoms with Crippen molar-refractivity contribution >= 4 is 55.0 Å². The molecule has 1 saturated heterocycles. The van der Waals surface area contributed by atoms with Crippen LogP contribution in [0.15, 0.2) is 47.4 Å². The quantitative estimate of drug-likeness (QED) is 0.372. The molecule has 0 unspecified atom stereocenters. The Morgan fingerprint density at radius 2 is 1.78 bits per heavy atom. The largest absolute Gasteiger partial charge is 0.497 e. The van der Waals surface area contributed by atoms with E-state index in [-0.39, 0.29) is 23.2 Å². The van der Waals surface area contributed by atoms with Gasteiger partial charge >= 0.3 is 0 Å². The second-order valence-electron chi connectivity index (χ2n) is 9.55. The molecule has 1 aliphatic heterocycles. The predicted molar refractivity (Wildman–Crippen MR) is 152 cm³/mol. The number of piperidine rings is 1. The number of aromatic nitrogens is 1. The standard InChI is InChI=1S/C26H34N4O4S2.ClH/c1-19-12-16-29(17-13-19)36(32,33)22-9-6-20(7-10-22)25(31)30(15-5-14-28(2)3)26-27-23-18-21(34-4)8-11-24(23)35-26;/h6-11,18-19H,5,12-17H2,1-4H3;1H. The molecule has 1 amide bonds. The zero-order valence-electron chi connectivity index (χ0n) is 21.7. The zero-order chi connectivity index (χ0) is 25.9. The molecule has 2 heterocycles. The minimum Gasteiger partial charge on any atom is -0.497 e. The van der Waals surface area contributed by atoms with Gasteiger partial charge in [-0.05, 0) is 82.2 Å². The number of hydrogen-bond donors (Lipinski definition) is 0. The van der Waals surface area contributed by atoms with Gasteiger partial charge in [-0.15, -0.1) is 12.4 Å². The van der Waals surface area contributed by atoms with Gasteiger partial charge in [0, 0.05) is 31.3 Å². The molecule has 0 radical (unpaired) electrons. The van der Waals surface area contributed by atoms with Gasteiger partial charge < -0.3 is 9.64 Å². The fraction of sp³-hybridized carbons (Fsp3) is 0.462.